The van der Waals surface area contributed by atoms with E-state index in [0.29, 0.717) is 12.0 Å². The molecule has 134 valence electrons. The van der Waals surface area contributed by atoms with Gasteiger partial charge in [-0.25, -0.2) is 0 Å². The summed E-state index contributed by atoms with van der Waals surface area (Å²) in [6.07, 6.45) is 1.43. The van der Waals surface area contributed by atoms with E-state index in [2.05, 4.69) is 24.1 Å². The molecule has 1 aliphatic rings. The quantitative estimate of drug-likeness (QED) is 0.798. The highest BCUT2D eigenvalue weighted by molar-refractivity contribution is 5.95. The van der Waals surface area contributed by atoms with Gasteiger partial charge in [-0.2, -0.15) is 0 Å². The normalized spacial score (nSPS) is 20.1. The van der Waals surface area contributed by atoms with Crippen LogP contribution in [0.2, 0.25) is 0 Å². The number of likely N-dealkylation sites (tertiary alicyclic amines) is 1. The molecule has 24 heavy (non-hydrogen) atoms. The van der Waals surface area contributed by atoms with Crippen molar-refractivity contribution < 1.29 is 9.59 Å². The van der Waals surface area contributed by atoms with E-state index < -0.39 is 0 Å². The maximum atomic E-state index is 12.1. The van der Waals surface area contributed by atoms with Crippen molar-refractivity contribution in [2.45, 2.75) is 39.7 Å². The second kappa shape index (κ2) is 8.60. The van der Waals surface area contributed by atoms with E-state index in [4.69, 9.17) is 5.73 Å². The van der Waals surface area contributed by atoms with Gasteiger partial charge in [0, 0.05) is 36.8 Å². The molecule has 0 spiro atoms. The second-order valence-electron chi connectivity index (χ2n) is 7.09. The Bertz CT molecular complexity index is 572. The summed E-state index contributed by atoms with van der Waals surface area (Å²) < 4.78 is 0. The number of amides is 1. The van der Waals surface area contributed by atoms with E-state index >= 15 is 0 Å². The summed E-state index contributed by atoms with van der Waals surface area (Å²) >= 11 is 0. The summed E-state index contributed by atoms with van der Waals surface area (Å²) in [6.45, 7) is 8.51. The largest absolute Gasteiger partial charge is 0.327 e. The van der Waals surface area contributed by atoms with Gasteiger partial charge >= 0.3 is 0 Å². The molecule has 1 heterocycles. The number of rotatable bonds is 5. The SMILES string of the molecule is CC(=O)c1ccc(NC(=O)CCN2CCC(N)C(C)(C)C2)cc1.Cl. The molecular formula is C18H28ClN3O2. The van der Waals surface area contributed by atoms with Crippen LogP contribution in [0.3, 0.4) is 0 Å². The third-order valence-electron chi connectivity index (χ3n) is 4.62. The van der Waals surface area contributed by atoms with Gasteiger partial charge in [-0.15, -0.1) is 12.4 Å². The monoisotopic (exact) mass is 353 g/mol. The minimum atomic E-state index is -0.00625. The summed E-state index contributed by atoms with van der Waals surface area (Å²) in [5.41, 5.74) is 7.60. The Labute approximate surface area is 150 Å². The van der Waals surface area contributed by atoms with Crippen LogP contribution in [0.4, 0.5) is 5.69 Å². The number of benzene rings is 1. The van der Waals surface area contributed by atoms with Crippen LogP contribution in [0, 0.1) is 5.41 Å². The zero-order chi connectivity index (χ0) is 17.0. The number of Topliss-reactive ketones (excluding diaryl/α,β-unsaturated/α-hetero) is 1. The number of hydrogen-bond donors (Lipinski definition) is 2. The zero-order valence-corrected chi connectivity index (χ0v) is 15.5. The van der Waals surface area contributed by atoms with Crippen LogP contribution in [-0.4, -0.2) is 42.3 Å². The molecule has 5 nitrogen and oxygen atoms in total. The van der Waals surface area contributed by atoms with Gasteiger partial charge in [-0.05, 0) is 49.6 Å². The molecule has 1 aromatic rings. The van der Waals surface area contributed by atoms with Crippen molar-refractivity contribution in [1.82, 2.24) is 4.90 Å². The lowest BCUT2D eigenvalue weighted by atomic mass is 9.80. The van der Waals surface area contributed by atoms with Gasteiger partial charge in [0.15, 0.2) is 5.78 Å². The lowest BCUT2D eigenvalue weighted by molar-refractivity contribution is -0.116. The van der Waals surface area contributed by atoms with Gasteiger partial charge in [0.1, 0.15) is 0 Å². The fraction of sp³-hybridized carbons (Fsp3) is 0.556. The Morgan fingerprint density at radius 3 is 2.46 bits per heavy atom. The summed E-state index contributed by atoms with van der Waals surface area (Å²) in [7, 11) is 0. The van der Waals surface area contributed by atoms with Crippen molar-refractivity contribution >= 4 is 29.8 Å². The van der Waals surface area contributed by atoms with Gasteiger partial charge in [0.2, 0.25) is 5.91 Å². The molecule has 0 bridgehead atoms. The fourth-order valence-corrected chi connectivity index (χ4v) is 2.95. The maximum absolute atomic E-state index is 12.1. The highest BCUT2D eigenvalue weighted by Gasteiger charge is 2.33. The van der Waals surface area contributed by atoms with Crippen molar-refractivity contribution in [3.63, 3.8) is 0 Å². The second-order valence-corrected chi connectivity index (χ2v) is 7.09. The molecule has 2 rings (SSSR count). The molecule has 1 aliphatic heterocycles. The van der Waals surface area contributed by atoms with Crippen molar-refractivity contribution in [1.29, 1.82) is 0 Å². The van der Waals surface area contributed by atoms with Gasteiger partial charge in [0.05, 0.1) is 0 Å². The number of nitrogens with zero attached hydrogens (tertiary/aromatic N) is 1. The maximum Gasteiger partial charge on any atom is 0.225 e. The number of halogens is 1. The van der Waals surface area contributed by atoms with Crippen molar-refractivity contribution in [3.05, 3.63) is 29.8 Å². The molecule has 1 fully saturated rings. The van der Waals surface area contributed by atoms with Crippen molar-refractivity contribution in [2.24, 2.45) is 11.1 Å². The van der Waals surface area contributed by atoms with E-state index in [1.54, 1.807) is 24.3 Å². The summed E-state index contributed by atoms with van der Waals surface area (Å²) in [5, 5.41) is 2.88. The predicted octanol–water partition coefficient (Wildman–Crippen LogP) is 2.70. The van der Waals surface area contributed by atoms with Crippen LogP contribution in [0.15, 0.2) is 24.3 Å². The highest BCUT2D eigenvalue weighted by Crippen LogP contribution is 2.27. The number of nitrogens with two attached hydrogens (primary N) is 1. The molecule has 0 aromatic heterocycles. The molecule has 1 saturated heterocycles. The number of carbonyl (C=O) groups is 2. The van der Waals surface area contributed by atoms with Gasteiger partial charge in [-0.3, -0.25) is 9.59 Å². The van der Waals surface area contributed by atoms with E-state index in [0.717, 1.165) is 31.7 Å². The molecule has 3 N–H and O–H groups in total. The summed E-state index contributed by atoms with van der Waals surface area (Å²) in [5.74, 6) is 0.0158. The molecule has 1 unspecified atom stereocenters. The Morgan fingerprint density at radius 2 is 1.92 bits per heavy atom. The first-order valence-corrected chi connectivity index (χ1v) is 8.17. The number of piperidine rings is 1. The average Bonchev–Trinajstić information content (AvgIpc) is 2.49. The number of nitrogens with one attached hydrogen (secondary N) is 1. The minimum Gasteiger partial charge on any atom is -0.327 e. The first kappa shape index (κ1) is 20.6. The Morgan fingerprint density at radius 1 is 1.29 bits per heavy atom. The first-order valence-electron chi connectivity index (χ1n) is 8.17. The van der Waals surface area contributed by atoms with Crippen LogP contribution >= 0.6 is 12.4 Å². The Hall–Kier alpha value is -1.43. The smallest absolute Gasteiger partial charge is 0.225 e. The van der Waals surface area contributed by atoms with Crippen LogP contribution in [0.5, 0.6) is 0 Å². The van der Waals surface area contributed by atoms with Crippen LogP contribution < -0.4 is 11.1 Å². The molecular weight excluding hydrogens is 326 g/mol. The fourth-order valence-electron chi connectivity index (χ4n) is 2.95. The number of ketones is 1. The van der Waals surface area contributed by atoms with Crippen LogP contribution in [-0.2, 0) is 4.79 Å². The highest BCUT2D eigenvalue weighted by atomic mass is 35.5. The van der Waals surface area contributed by atoms with Gasteiger partial charge in [0.25, 0.3) is 0 Å². The van der Waals surface area contributed by atoms with Gasteiger partial charge in [-0.1, -0.05) is 13.8 Å². The van der Waals surface area contributed by atoms with E-state index in [9.17, 15) is 9.59 Å². The van der Waals surface area contributed by atoms with Crippen molar-refractivity contribution in [3.8, 4) is 0 Å². The third-order valence-corrected chi connectivity index (χ3v) is 4.62. The van der Waals surface area contributed by atoms with Crippen molar-refractivity contribution in [2.75, 3.05) is 25.0 Å². The average molecular weight is 354 g/mol. The standard InChI is InChI=1S/C18H27N3O2.ClH/c1-13(22)14-4-6-15(7-5-14)20-17(23)9-11-21-10-8-16(19)18(2,3)12-21;/h4-7,16H,8-12,19H2,1-3H3,(H,20,23);1H. The first-order chi connectivity index (χ1) is 10.8. The van der Waals surface area contributed by atoms with Crippen LogP contribution in [0.25, 0.3) is 0 Å². The van der Waals surface area contributed by atoms with E-state index in [1.165, 1.54) is 6.92 Å². The van der Waals surface area contributed by atoms with Crippen LogP contribution in [0.1, 0.15) is 44.0 Å². The zero-order valence-electron chi connectivity index (χ0n) is 14.7. The molecule has 1 aromatic carbocycles. The molecule has 1 amide bonds. The molecule has 0 aliphatic carbocycles. The number of anilines is 1. The molecule has 0 radical (unpaired) electrons. The van der Waals surface area contributed by atoms with E-state index in [-0.39, 0.29) is 35.6 Å². The summed E-state index contributed by atoms with van der Waals surface area (Å²) in [4.78, 5) is 25.6. The Balaban J connectivity index is 0.00000288. The summed E-state index contributed by atoms with van der Waals surface area (Å²) in [6, 6.07) is 7.21. The van der Waals surface area contributed by atoms with Gasteiger partial charge < -0.3 is 16.0 Å². The molecule has 6 heteroatoms. The Kier molecular flexibility index (Phi) is 7.39. The lowest BCUT2D eigenvalue weighted by Gasteiger charge is -2.42. The predicted molar refractivity (Wildman–Crippen MR) is 99.8 cm³/mol. The topological polar surface area (TPSA) is 75.4 Å². The molecule has 0 saturated carbocycles. The van der Waals surface area contributed by atoms with E-state index in [1.807, 2.05) is 0 Å². The number of hydrogen-bond acceptors (Lipinski definition) is 4. The molecule has 1 atom stereocenters. The number of carbonyl (C=O) groups excluding carboxylic acids is 2. The third kappa shape index (κ3) is 5.58. The lowest BCUT2D eigenvalue weighted by Crippen LogP contribution is -2.52. The minimum absolute atomic E-state index is 0.